The Morgan fingerprint density at radius 3 is 2.38 bits per heavy atom. The first-order chi connectivity index (χ1) is 12.5. The lowest BCUT2D eigenvalue weighted by Crippen LogP contribution is -2.19. The first-order valence-electron chi connectivity index (χ1n) is 7.93. The van der Waals surface area contributed by atoms with Gasteiger partial charge in [-0.15, -0.1) is 0 Å². The van der Waals surface area contributed by atoms with Crippen molar-refractivity contribution in [3.05, 3.63) is 65.7 Å². The number of aromatic hydroxyl groups is 2. The topological polar surface area (TPSA) is 91.2 Å². The first-order valence-corrected chi connectivity index (χ1v) is 7.93. The third-order valence-electron chi connectivity index (χ3n) is 4.03. The number of nitrogens with one attached hydrogen (secondary N) is 1. The average Bonchev–Trinajstić information content (AvgIpc) is 2.65. The van der Waals surface area contributed by atoms with Gasteiger partial charge in [-0.05, 0) is 48.0 Å². The molecule has 0 saturated carbocycles. The molecule has 0 bridgehead atoms. The number of nitrogens with zero attached hydrogens (tertiary/aromatic N) is 1. The van der Waals surface area contributed by atoms with Crippen molar-refractivity contribution in [1.82, 2.24) is 5.43 Å². The van der Waals surface area contributed by atoms with Crippen molar-refractivity contribution in [2.24, 2.45) is 5.10 Å². The summed E-state index contributed by atoms with van der Waals surface area (Å²) in [6, 6.07) is 15.4. The fourth-order valence-corrected chi connectivity index (χ4v) is 2.57. The van der Waals surface area contributed by atoms with E-state index in [4.69, 9.17) is 4.74 Å². The Kier molecular flexibility index (Phi) is 4.75. The highest BCUT2D eigenvalue weighted by atomic mass is 16.5. The molecule has 0 aromatic heterocycles. The van der Waals surface area contributed by atoms with Crippen LogP contribution in [0.4, 0.5) is 0 Å². The molecule has 6 heteroatoms. The molecular weight excluding hydrogens is 332 g/mol. The van der Waals surface area contributed by atoms with Crippen molar-refractivity contribution in [3.8, 4) is 17.2 Å². The van der Waals surface area contributed by atoms with E-state index in [1.165, 1.54) is 13.2 Å². The summed E-state index contributed by atoms with van der Waals surface area (Å²) in [5.41, 5.74) is 3.79. The van der Waals surface area contributed by atoms with Gasteiger partial charge in [-0.2, -0.15) is 5.10 Å². The molecule has 1 amide bonds. The second-order valence-electron chi connectivity index (χ2n) is 5.74. The highest BCUT2D eigenvalue weighted by Gasteiger charge is 2.12. The Bertz CT molecular complexity index is 1010. The third-order valence-corrected chi connectivity index (χ3v) is 4.03. The fraction of sp³-hybridized carbons (Fsp3) is 0.100. The van der Waals surface area contributed by atoms with E-state index in [9.17, 15) is 15.0 Å². The van der Waals surface area contributed by atoms with Crippen LogP contribution in [0.15, 0.2) is 59.7 Å². The molecule has 0 atom stereocenters. The van der Waals surface area contributed by atoms with Gasteiger partial charge in [0.05, 0.1) is 18.4 Å². The number of rotatable bonds is 4. The fourth-order valence-electron chi connectivity index (χ4n) is 2.57. The monoisotopic (exact) mass is 350 g/mol. The molecule has 0 radical (unpaired) electrons. The zero-order chi connectivity index (χ0) is 18.7. The van der Waals surface area contributed by atoms with Crippen molar-refractivity contribution < 1.29 is 19.7 Å². The quantitative estimate of drug-likeness (QED) is 0.497. The maximum atomic E-state index is 12.4. The van der Waals surface area contributed by atoms with Gasteiger partial charge in [0.1, 0.15) is 5.75 Å². The standard InChI is InChI=1S/C20H18N2O4/c1-12(13-7-8-17(23)19(11-13)26-2)21-22-20(25)16-9-14-5-3-4-6-15(14)10-18(16)24/h3-11,23-24H,1-2H3,(H,22,25). The predicted octanol–water partition coefficient (Wildman–Crippen LogP) is 3.41. The summed E-state index contributed by atoms with van der Waals surface area (Å²) in [7, 11) is 1.45. The van der Waals surface area contributed by atoms with Crippen molar-refractivity contribution in [2.75, 3.05) is 7.11 Å². The van der Waals surface area contributed by atoms with Gasteiger partial charge in [0, 0.05) is 5.56 Å². The normalized spacial score (nSPS) is 11.4. The molecule has 0 aliphatic carbocycles. The Balaban J connectivity index is 1.83. The maximum Gasteiger partial charge on any atom is 0.275 e. The molecule has 3 aromatic rings. The minimum absolute atomic E-state index is 0.0224. The molecular formula is C20H18N2O4. The summed E-state index contributed by atoms with van der Waals surface area (Å²) in [5.74, 6) is -0.288. The van der Waals surface area contributed by atoms with Gasteiger partial charge in [0.2, 0.25) is 0 Å². The molecule has 0 aliphatic heterocycles. The molecule has 0 aliphatic rings. The number of fused-ring (bicyclic) bond motifs is 1. The maximum absolute atomic E-state index is 12.4. The summed E-state index contributed by atoms with van der Waals surface area (Å²) >= 11 is 0. The lowest BCUT2D eigenvalue weighted by molar-refractivity contribution is 0.0952. The van der Waals surface area contributed by atoms with Crippen LogP contribution in [0.25, 0.3) is 10.8 Å². The Morgan fingerprint density at radius 1 is 1.00 bits per heavy atom. The number of carbonyl (C=O) groups is 1. The number of phenols is 2. The Morgan fingerprint density at radius 2 is 1.69 bits per heavy atom. The minimum atomic E-state index is -0.515. The number of amides is 1. The van der Waals surface area contributed by atoms with E-state index in [0.29, 0.717) is 17.0 Å². The Hall–Kier alpha value is -3.54. The lowest BCUT2D eigenvalue weighted by Gasteiger charge is -2.08. The van der Waals surface area contributed by atoms with Crippen LogP contribution in [0.3, 0.4) is 0 Å². The zero-order valence-corrected chi connectivity index (χ0v) is 14.4. The molecule has 3 N–H and O–H groups in total. The van der Waals surface area contributed by atoms with Crippen molar-refractivity contribution in [1.29, 1.82) is 0 Å². The van der Waals surface area contributed by atoms with Gasteiger partial charge < -0.3 is 14.9 Å². The molecule has 132 valence electrons. The number of carbonyl (C=O) groups excluding carboxylic acids is 1. The molecule has 26 heavy (non-hydrogen) atoms. The summed E-state index contributed by atoms with van der Waals surface area (Å²) in [5, 5.41) is 25.5. The average molecular weight is 350 g/mol. The molecule has 0 fully saturated rings. The van der Waals surface area contributed by atoms with Crippen LogP contribution in [0.2, 0.25) is 0 Å². The van der Waals surface area contributed by atoms with Crippen LogP contribution >= 0.6 is 0 Å². The lowest BCUT2D eigenvalue weighted by atomic mass is 10.1. The van der Waals surface area contributed by atoms with E-state index >= 15 is 0 Å². The van der Waals surface area contributed by atoms with E-state index in [1.807, 2.05) is 24.3 Å². The van der Waals surface area contributed by atoms with Crippen molar-refractivity contribution in [3.63, 3.8) is 0 Å². The van der Waals surface area contributed by atoms with Crippen LogP contribution in [-0.4, -0.2) is 28.9 Å². The van der Waals surface area contributed by atoms with Gasteiger partial charge in [-0.25, -0.2) is 5.43 Å². The summed E-state index contributed by atoms with van der Waals surface area (Å²) in [4.78, 5) is 12.4. The molecule has 0 unspecified atom stereocenters. The van der Waals surface area contributed by atoms with E-state index in [1.54, 1.807) is 31.2 Å². The third kappa shape index (κ3) is 3.44. The van der Waals surface area contributed by atoms with E-state index in [2.05, 4.69) is 10.5 Å². The van der Waals surface area contributed by atoms with E-state index in [0.717, 1.165) is 10.8 Å². The molecule has 6 nitrogen and oxygen atoms in total. The second kappa shape index (κ2) is 7.14. The number of hydrogen-bond acceptors (Lipinski definition) is 5. The van der Waals surface area contributed by atoms with Crippen LogP contribution < -0.4 is 10.2 Å². The van der Waals surface area contributed by atoms with E-state index < -0.39 is 5.91 Å². The smallest absolute Gasteiger partial charge is 0.275 e. The largest absolute Gasteiger partial charge is 0.507 e. The van der Waals surface area contributed by atoms with E-state index in [-0.39, 0.29) is 17.1 Å². The summed E-state index contributed by atoms with van der Waals surface area (Å²) < 4.78 is 5.06. The highest BCUT2D eigenvalue weighted by molar-refractivity contribution is 6.03. The first kappa shape index (κ1) is 17.3. The SMILES string of the molecule is COc1cc(C(C)=NNC(=O)c2cc3ccccc3cc2O)ccc1O. The van der Waals surface area contributed by atoms with Crippen LogP contribution in [-0.2, 0) is 0 Å². The van der Waals surface area contributed by atoms with Gasteiger partial charge in [-0.1, -0.05) is 24.3 Å². The molecule has 0 saturated heterocycles. The molecule has 0 heterocycles. The van der Waals surface area contributed by atoms with Gasteiger partial charge >= 0.3 is 0 Å². The second-order valence-corrected chi connectivity index (χ2v) is 5.74. The molecule has 0 spiro atoms. The number of hydrazone groups is 1. The predicted molar refractivity (Wildman–Crippen MR) is 99.9 cm³/mol. The molecule has 3 aromatic carbocycles. The Labute approximate surface area is 150 Å². The number of benzene rings is 3. The minimum Gasteiger partial charge on any atom is -0.507 e. The summed E-state index contributed by atoms with van der Waals surface area (Å²) in [6.45, 7) is 1.71. The van der Waals surface area contributed by atoms with Crippen molar-refractivity contribution >= 4 is 22.4 Å². The number of ether oxygens (including phenoxy) is 1. The zero-order valence-electron chi connectivity index (χ0n) is 14.4. The van der Waals surface area contributed by atoms with Crippen LogP contribution in [0, 0.1) is 0 Å². The van der Waals surface area contributed by atoms with Gasteiger partial charge in [0.15, 0.2) is 11.5 Å². The number of phenolic OH excluding ortho intramolecular Hbond substituents is 2. The number of methoxy groups -OCH3 is 1. The summed E-state index contributed by atoms with van der Waals surface area (Å²) in [6.07, 6.45) is 0. The van der Waals surface area contributed by atoms with Crippen LogP contribution in [0.5, 0.6) is 17.2 Å². The van der Waals surface area contributed by atoms with Gasteiger partial charge in [0.25, 0.3) is 5.91 Å². The molecule has 3 rings (SSSR count). The van der Waals surface area contributed by atoms with Crippen LogP contribution in [0.1, 0.15) is 22.8 Å². The van der Waals surface area contributed by atoms with Crippen molar-refractivity contribution in [2.45, 2.75) is 6.92 Å². The van der Waals surface area contributed by atoms with Gasteiger partial charge in [-0.3, -0.25) is 4.79 Å². The highest BCUT2D eigenvalue weighted by Crippen LogP contribution is 2.27. The number of hydrogen-bond donors (Lipinski definition) is 3.